The number of thiocarbonyl (C=S) groups is 1. The van der Waals surface area contributed by atoms with Crippen molar-refractivity contribution in [3.8, 4) is 0 Å². The maximum Gasteiger partial charge on any atom is 1.00 e. The molecule has 0 bridgehead atoms. The SMILES string of the molecule is NC(=S)Nc1ccc(Cl)cc1.[C-]#N.[Na+]. The van der Waals surface area contributed by atoms with Gasteiger partial charge in [-0.25, -0.2) is 0 Å². The summed E-state index contributed by atoms with van der Waals surface area (Å²) in [7, 11) is 0. The Morgan fingerprint density at radius 2 is 1.79 bits per heavy atom. The van der Waals surface area contributed by atoms with Crippen LogP contribution in [0.15, 0.2) is 24.3 Å². The zero-order chi connectivity index (χ0) is 10.3. The number of anilines is 1. The van der Waals surface area contributed by atoms with E-state index in [4.69, 9.17) is 29.2 Å². The fourth-order valence-corrected chi connectivity index (χ4v) is 0.919. The summed E-state index contributed by atoms with van der Waals surface area (Å²) >= 11 is 10.3. The molecule has 14 heavy (non-hydrogen) atoms. The van der Waals surface area contributed by atoms with E-state index < -0.39 is 0 Å². The van der Waals surface area contributed by atoms with Crippen LogP contribution in [-0.2, 0) is 0 Å². The first kappa shape index (κ1) is 16.1. The maximum atomic E-state index is 6.25. The first-order chi connectivity index (χ1) is 6.18. The number of nitrogens with zero attached hydrogens (tertiary/aromatic N) is 1. The van der Waals surface area contributed by atoms with Gasteiger partial charge in [-0.3, -0.25) is 0 Å². The number of hydrogen-bond donors (Lipinski definition) is 2. The van der Waals surface area contributed by atoms with Gasteiger partial charge in [0.15, 0.2) is 5.11 Å². The monoisotopic (exact) mass is 235 g/mol. The van der Waals surface area contributed by atoms with Crippen LogP contribution in [0.3, 0.4) is 0 Å². The quantitative estimate of drug-likeness (QED) is 0.376. The van der Waals surface area contributed by atoms with Gasteiger partial charge in [-0.2, -0.15) is 0 Å². The molecule has 1 aromatic carbocycles. The van der Waals surface area contributed by atoms with Gasteiger partial charge in [0.2, 0.25) is 0 Å². The second-order valence-electron chi connectivity index (χ2n) is 2.00. The van der Waals surface area contributed by atoms with Gasteiger partial charge in [0.25, 0.3) is 0 Å². The van der Waals surface area contributed by atoms with Crippen molar-refractivity contribution in [1.82, 2.24) is 0 Å². The van der Waals surface area contributed by atoms with E-state index in [0.29, 0.717) is 5.02 Å². The summed E-state index contributed by atoms with van der Waals surface area (Å²) in [5, 5.41) is 9.98. The number of halogens is 1. The van der Waals surface area contributed by atoms with Gasteiger partial charge >= 0.3 is 29.6 Å². The molecular formula is C8H7ClN3NaS. The van der Waals surface area contributed by atoms with Gasteiger partial charge in [0, 0.05) is 10.7 Å². The summed E-state index contributed by atoms with van der Waals surface area (Å²) in [5.41, 5.74) is 6.10. The third-order valence-electron chi connectivity index (χ3n) is 1.11. The minimum atomic E-state index is 0. The molecule has 0 saturated heterocycles. The van der Waals surface area contributed by atoms with Crippen LogP contribution in [0.4, 0.5) is 5.69 Å². The van der Waals surface area contributed by atoms with Crippen LogP contribution < -0.4 is 40.6 Å². The molecule has 68 valence electrons. The van der Waals surface area contributed by atoms with Crippen LogP contribution in [0, 0.1) is 11.8 Å². The molecule has 0 unspecified atom stereocenters. The minimum Gasteiger partial charge on any atom is -0.512 e. The molecule has 0 amide bonds. The normalized spacial score (nSPS) is 7.36. The molecule has 0 fully saturated rings. The van der Waals surface area contributed by atoms with E-state index in [9.17, 15) is 0 Å². The molecule has 0 aromatic heterocycles. The Hall–Kier alpha value is -0.310. The van der Waals surface area contributed by atoms with E-state index >= 15 is 0 Å². The van der Waals surface area contributed by atoms with Gasteiger partial charge in [-0.15, -0.1) is 0 Å². The fourth-order valence-electron chi connectivity index (χ4n) is 0.675. The smallest absolute Gasteiger partial charge is 0.512 e. The predicted molar refractivity (Wildman–Crippen MR) is 56.8 cm³/mol. The van der Waals surface area contributed by atoms with E-state index in [2.05, 4.69) is 17.5 Å². The summed E-state index contributed by atoms with van der Waals surface area (Å²) < 4.78 is 0. The molecule has 0 aliphatic heterocycles. The van der Waals surface area contributed by atoms with Crippen LogP contribution in [0.25, 0.3) is 0 Å². The largest absolute Gasteiger partial charge is 1.00 e. The molecule has 0 saturated carbocycles. The Bertz CT molecular complexity index is 299. The zero-order valence-corrected chi connectivity index (χ0v) is 11.2. The van der Waals surface area contributed by atoms with E-state index in [-0.39, 0.29) is 34.7 Å². The van der Waals surface area contributed by atoms with Crippen molar-refractivity contribution >= 4 is 34.6 Å². The van der Waals surface area contributed by atoms with Crippen LogP contribution in [-0.4, -0.2) is 5.11 Å². The Morgan fingerprint density at radius 1 is 1.36 bits per heavy atom. The molecule has 0 atom stereocenters. The number of benzene rings is 1. The topological polar surface area (TPSA) is 61.8 Å². The van der Waals surface area contributed by atoms with E-state index in [0.717, 1.165) is 5.69 Å². The van der Waals surface area contributed by atoms with Crippen molar-refractivity contribution in [3.63, 3.8) is 0 Å². The van der Waals surface area contributed by atoms with Gasteiger partial charge in [-0.05, 0) is 36.5 Å². The minimum absolute atomic E-state index is 0. The molecule has 3 nitrogen and oxygen atoms in total. The van der Waals surface area contributed by atoms with E-state index in [1.807, 2.05) is 12.1 Å². The van der Waals surface area contributed by atoms with Gasteiger partial charge in [-0.1, -0.05) is 11.6 Å². The van der Waals surface area contributed by atoms with Crippen LogP contribution in [0.1, 0.15) is 0 Å². The zero-order valence-electron chi connectivity index (χ0n) is 7.62. The van der Waals surface area contributed by atoms with Crippen molar-refractivity contribution in [2.45, 2.75) is 0 Å². The van der Waals surface area contributed by atoms with Crippen molar-refractivity contribution < 1.29 is 29.6 Å². The Kier molecular flexibility index (Phi) is 10.7. The average Bonchev–Trinajstić information content (AvgIpc) is 2.12. The molecule has 3 N–H and O–H groups in total. The van der Waals surface area contributed by atoms with Crippen molar-refractivity contribution in [3.05, 3.63) is 35.9 Å². The summed E-state index contributed by atoms with van der Waals surface area (Å²) in [6.07, 6.45) is 0. The summed E-state index contributed by atoms with van der Waals surface area (Å²) in [5.74, 6) is 0. The first-order valence-corrected chi connectivity index (χ1v) is 4.01. The van der Waals surface area contributed by atoms with Gasteiger partial charge in [0.1, 0.15) is 0 Å². The standard InChI is InChI=1S/C7H7ClN2S.CN.Na/c8-5-1-3-6(4-2-5)10-7(9)11;1-2;/h1-4H,(H3,9,10,11);;/q;-1;+1. The van der Waals surface area contributed by atoms with Gasteiger partial charge in [0.05, 0.1) is 0 Å². The van der Waals surface area contributed by atoms with E-state index in [1.165, 1.54) is 0 Å². The van der Waals surface area contributed by atoms with Crippen LogP contribution >= 0.6 is 23.8 Å². The maximum absolute atomic E-state index is 6.25. The van der Waals surface area contributed by atoms with Crippen LogP contribution in [0.5, 0.6) is 0 Å². The van der Waals surface area contributed by atoms with Crippen LogP contribution in [0.2, 0.25) is 5.02 Å². The number of rotatable bonds is 1. The molecule has 0 aliphatic rings. The molecule has 0 radical (unpaired) electrons. The van der Waals surface area contributed by atoms with E-state index in [1.54, 1.807) is 12.1 Å². The number of nitrogens with one attached hydrogen (secondary N) is 1. The van der Waals surface area contributed by atoms with Crippen molar-refractivity contribution in [2.75, 3.05) is 5.32 Å². The second kappa shape index (κ2) is 9.25. The first-order valence-electron chi connectivity index (χ1n) is 3.23. The fraction of sp³-hybridized carbons (Fsp3) is 0. The summed E-state index contributed by atoms with van der Waals surface area (Å²) in [6, 6.07) is 7.15. The van der Waals surface area contributed by atoms with Crippen molar-refractivity contribution in [2.24, 2.45) is 5.73 Å². The Balaban J connectivity index is 0. The Labute approximate surface area is 116 Å². The summed E-state index contributed by atoms with van der Waals surface area (Å²) in [6.45, 7) is 4.75. The molecular weight excluding hydrogens is 229 g/mol. The molecule has 6 heteroatoms. The van der Waals surface area contributed by atoms with Gasteiger partial charge < -0.3 is 22.9 Å². The molecule has 0 spiro atoms. The molecule has 0 heterocycles. The third kappa shape index (κ3) is 7.13. The molecule has 1 rings (SSSR count). The number of nitrogens with two attached hydrogens (primary N) is 1. The second-order valence-corrected chi connectivity index (χ2v) is 2.87. The number of hydrogen-bond acceptors (Lipinski definition) is 2. The molecule has 1 aromatic rings. The molecule has 0 aliphatic carbocycles. The summed E-state index contributed by atoms with van der Waals surface area (Å²) in [4.78, 5) is 0. The van der Waals surface area contributed by atoms with Crippen molar-refractivity contribution in [1.29, 1.82) is 5.26 Å². The Morgan fingerprint density at radius 3 is 2.14 bits per heavy atom. The average molecular weight is 236 g/mol. The predicted octanol–water partition coefficient (Wildman–Crippen LogP) is -0.904. The third-order valence-corrected chi connectivity index (χ3v) is 1.47.